The Morgan fingerprint density at radius 1 is 1.24 bits per heavy atom. The molecule has 0 spiro atoms. The lowest BCUT2D eigenvalue weighted by Gasteiger charge is -2.35. The molecule has 1 aromatic carbocycles. The van der Waals surface area contributed by atoms with Crippen molar-refractivity contribution in [3.8, 4) is 0 Å². The Kier molecular flexibility index (Phi) is 7.52. The molecule has 1 aliphatic heterocycles. The first-order valence-corrected chi connectivity index (χ1v) is 7.15. The summed E-state index contributed by atoms with van der Waals surface area (Å²) in [6.07, 6.45) is 1.22. The highest BCUT2D eigenvalue weighted by Gasteiger charge is 2.26. The Hall–Kier alpha value is -0.750. The van der Waals surface area contributed by atoms with E-state index in [1.165, 1.54) is 0 Å². The fourth-order valence-corrected chi connectivity index (χ4v) is 2.73. The molecule has 0 saturated carbocycles. The summed E-state index contributed by atoms with van der Waals surface area (Å²) >= 11 is 0. The predicted octanol–water partition coefficient (Wildman–Crippen LogP) is 2.41. The minimum Gasteiger partial charge on any atom is -0.396 e. The molecule has 2 rings (SSSR count). The van der Waals surface area contributed by atoms with Gasteiger partial charge in [-0.15, -0.1) is 12.4 Å². The zero-order valence-electron chi connectivity index (χ0n) is 12.2. The fourth-order valence-electron chi connectivity index (χ4n) is 2.73. The number of hydrogen-bond acceptors (Lipinski definition) is 3. The highest BCUT2D eigenvalue weighted by molar-refractivity contribution is 5.85. The van der Waals surface area contributed by atoms with E-state index >= 15 is 0 Å². The van der Waals surface area contributed by atoms with E-state index in [-0.39, 0.29) is 25.1 Å². The van der Waals surface area contributed by atoms with Gasteiger partial charge in [-0.05, 0) is 25.3 Å². The molecule has 0 unspecified atom stereocenters. The van der Waals surface area contributed by atoms with Crippen molar-refractivity contribution in [1.29, 1.82) is 0 Å². The molecule has 0 bridgehead atoms. The average molecular weight is 321 g/mol. The molecule has 1 atom stereocenters. The molecule has 1 heterocycles. The minimum absolute atomic E-state index is 0. The van der Waals surface area contributed by atoms with Crippen LogP contribution in [0.4, 0.5) is 8.78 Å². The SMILES string of the molecule is Cc1ccc([C@H](CCCO)N2CCNCC2)c(F)c1F.Cl. The molecule has 0 radical (unpaired) electrons. The van der Waals surface area contributed by atoms with Crippen molar-refractivity contribution in [2.24, 2.45) is 0 Å². The maximum Gasteiger partial charge on any atom is 0.163 e. The van der Waals surface area contributed by atoms with E-state index in [1.54, 1.807) is 19.1 Å². The lowest BCUT2D eigenvalue weighted by molar-refractivity contribution is 0.151. The lowest BCUT2D eigenvalue weighted by Crippen LogP contribution is -2.45. The number of benzene rings is 1. The van der Waals surface area contributed by atoms with Crippen LogP contribution in [0.2, 0.25) is 0 Å². The summed E-state index contributed by atoms with van der Waals surface area (Å²) in [7, 11) is 0. The van der Waals surface area contributed by atoms with Crippen LogP contribution in [0.25, 0.3) is 0 Å². The summed E-state index contributed by atoms with van der Waals surface area (Å²) in [4.78, 5) is 2.17. The summed E-state index contributed by atoms with van der Waals surface area (Å²) in [5.74, 6) is -1.50. The molecule has 3 nitrogen and oxygen atoms in total. The Bertz CT molecular complexity index is 454. The molecule has 1 aromatic rings. The highest BCUT2D eigenvalue weighted by atomic mass is 35.5. The number of hydrogen-bond donors (Lipinski definition) is 2. The van der Waals surface area contributed by atoms with Crippen molar-refractivity contribution in [3.05, 3.63) is 34.9 Å². The van der Waals surface area contributed by atoms with Gasteiger partial charge in [0.15, 0.2) is 11.6 Å². The van der Waals surface area contributed by atoms with Gasteiger partial charge < -0.3 is 10.4 Å². The first-order valence-electron chi connectivity index (χ1n) is 7.15. The van der Waals surface area contributed by atoms with Crippen molar-refractivity contribution in [2.75, 3.05) is 32.8 Å². The van der Waals surface area contributed by atoms with Crippen molar-refractivity contribution >= 4 is 12.4 Å². The Morgan fingerprint density at radius 3 is 2.52 bits per heavy atom. The molecule has 21 heavy (non-hydrogen) atoms. The third kappa shape index (κ3) is 4.36. The highest BCUT2D eigenvalue weighted by Crippen LogP contribution is 2.30. The number of aryl methyl sites for hydroxylation is 1. The molecule has 6 heteroatoms. The zero-order valence-corrected chi connectivity index (χ0v) is 13.1. The Balaban J connectivity index is 0.00000220. The van der Waals surface area contributed by atoms with Crippen LogP contribution in [0.1, 0.15) is 30.0 Å². The van der Waals surface area contributed by atoms with Crippen LogP contribution in [-0.4, -0.2) is 42.8 Å². The van der Waals surface area contributed by atoms with E-state index in [2.05, 4.69) is 10.2 Å². The van der Waals surface area contributed by atoms with E-state index in [9.17, 15) is 8.78 Å². The van der Waals surface area contributed by atoms with Crippen LogP contribution < -0.4 is 5.32 Å². The minimum atomic E-state index is -0.758. The maximum absolute atomic E-state index is 14.2. The van der Waals surface area contributed by atoms with Gasteiger partial charge in [-0.1, -0.05) is 12.1 Å². The summed E-state index contributed by atoms with van der Waals surface area (Å²) in [5, 5.41) is 12.3. The number of rotatable bonds is 5. The van der Waals surface area contributed by atoms with Crippen LogP contribution in [-0.2, 0) is 0 Å². The molecule has 1 saturated heterocycles. The number of nitrogens with one attached hydrogen (secondary N) is 1. The first-order chi connectivity index (χ1) is 9.65. The Labute approximate surface area is 130 Å². The summed E-state index contributed by atoms with van der Waals surface area (Å²) in [6, 6.07) is 3.14. The summed E-state index contributed by atoms with van der Waals surface area (Å²) < 4.78 is 28.0. The largest absolute Gasteiger partial charge is 0.396 e. The van der Waals surface area contributed by atoms with Crippen LogP contribution in [0.3, 0.4) is 0 Å². The monoisotopic (exact) mass is 320 g/mol. The second-order valence-corrected chi connectivity index (χ2v) is 5.27. The van der Waals surface area contributed by atoms with Gasteiger partial charge in [-0.2, -0.15) is 0 Å². The van der Waals surface area contributed by atoms with Gasteiger partial charge in [0.05, 0.1) is 0 Å². The molecular weight excluding hydrogens is 298 g/mol. The molecule has 0 amide bonds. The first kappa shape index (κ1) is 18.3. The van der Waals surface area contributed by atoms with Gasteiger partial charge in [0.25, 0.3) is 0 Å². The Morgan fingerprint density at radius 2 is 1.90 bits per heavy atom. The normalized spacial score (nSPS) is 17.3. The fraction of sp³-hybridized carbons (Fsp3) is 0.600. The van der Waals surface area contributed by atoms with Crippen molar-refractivity contribution in [3.63, 3.8) is 0 Å². The van der Waals surface area contributed by atoms with Crippen LogP contribution in [0.15, 0.2) is 12.1 Å². The molecule has 0 aromatic heterocycles. The second kappa shape index (κ2) is 8.63. The van der Waals surface area contributed by atoms with Crippen LogP contribution >= 0.6 is 12.4 Å². The third-order valence-corrected chi connectivity index (χ3v) is 3.89. The molecule has 2 N–H and O–H groups in total. The maximum atomic E-state index is 14.2. The molecule has 0 aliphatic carbocycles. The van der Waals surface area contributed by atoms with E-state index in [1.807, 2.05) is 0 Å². The van der Waals surface area contributed by atoms with Gasteiger partial charge in [-0.25, -0.2) is 8.78 Å². The van der Waals surface area contributed by atoms with Gasteiger partial charge in [0.2, 0.25) is 0 Å². The standard InChI is InChI=1S/C15H22F2N2O.ClH/c1-11-4-5-12(15(17)14(11)16)13(3-2-10-20)19-8-6-18-7-9-19;/h4-5,13,18,20H,2-3,6-10H2,1H3;1H/t13-;/m0./s1. The number of piperazine rings is 1. The van der Waals surface area contributed by atoms with Gasteiger partial charge >= 0.3 is 0 Å². The van der Waals surface area contributed by atoms with Crippen molar-refractivity contribution in [1.82, 2.24) is 10.2 Å². The summed E-state index contributed by atoms with van der Waals surface area (Å²) in [6.45, 7) is 4.96. The van der Waals surface area contributed by atoms with Gasteiger partial charge in [-0.3, -0.25) is 4.90 Å². The molecule has 120 valence electrons. The molecular formula is C15H23ClF2N2O. The van der Waals surface area contributed by atoms with Crippen molar-refractivity contribution in [2.45, 2.75) is 25.8 Å². The third-order valence-electron chi connectivity index (χ3n) is 3.89. The number of halogens is 3. The average Bonchev–Trinajstić information content (AvgIpc) is 2.48. The number of nitrogens with zero attached hydrogens (tertiary/aromatic N) is 1. The number of aliphatic hydroxyl groups excluding tert-OH is 1. The summed E-state index contributed by atoms with van der Waals surface area (Å²) in [5.41, 5.74) is 0.732. The topological polar surface area (TPSA) is 35.5 Å². The van der Waals surface area contributed by atoms with Gasteiger partial charge in [0.1, 0.15) is 0 Å². The van der Waals surface area contributed by atoms with Crippen molar-refractivity contribution < 1.29 is 13.9 Å². The van der Waals surface area contributed by atoms with E-state index in [0.29, 0.717) is 24.0 Å². The van der Waals surface area contributed by atoms with E-state index in [0.717, 1.165) is 26.2 Å². The van der Waals surface area contributed by atoms with E-state index in [4.69, 9.17) is 5.11 Å². The smallest absolute Gasteiger partial charge is 0.163 e. The van der Waals surface area contributed by atoms with Gasteiger partial charge in [0, 0.05) is 44.4 Å². The zero-order chi connectivity index (χ0) is 14.5. The van der Waals surface area contributed by atoms with Crippen LogP contribution in [0, 0.1) is 18.6 Å². The molecule has 1 fully saturated rings. The lowest BCUT2D eigenvalue weighted by atomic mass is 9.97. The quantitative estimate of drug-likeness (QED) is 0.874. The number of aliphatic hydroxyl groups is 1. The molecule has 1 aliphatic rings. The second-order valence-electron chi connectivity index (χ2n) is 5.27. The predicted molar refractivity (Wildman–Crippen MR) is 81.8 cm³/mol. The van der Waals surface area contributed by atoms with Crippen LogP contribution in [0.5, 0.6) is 0 Å². The van der Waals surface area contributed by atoms with E-state index < -0.39 is 11.6 Å².